The van der Waals surface area contributed by atoms with Gasteiger partial charge in [-0.3, -0.25) is 10.1 Å². The van der Waals surface area contributed by atoms with Gasteiger partial charge in [-0.2, -0.15) is 0 Å². The molecule has 0 radical (unpaired) electrons. The molecule has 0 amide bonds. The Bertz CT molecular complexity index is 288. The average molecular weight is 255 g/mol. The number of carbonyl (C=O) groups is 1. The van der Waals surface area contributed by atoms with E-state index in [1.807, 2.05) is 6.92 Å². The van der Waals surface area contributed by atoms with Gasteiger partial charge in [-0.1, -0.05) is 33.6 Å². The van der Waals surface area contributed by atoms with Gasteiger partial charge in [-0.15, -0.1) is 0 Å². The normalized spacial score (nSPS) is 28.7. The van der Waals surface area contributed by atoms with Crippen molar-refractivity contribution < 1.29 is 9.53 Å². The predicted octanol–water partition coefficient (Wildman–Crippen LogP) is 3.28. The van der Waals surface area contributed by atoms with Gasteiger partial charge in [-0.05, 0) is 38.5 Å². The maximum atomic E-state index is 12.5. The molecule has 0 spiro atoms. The Morgan fingerprint density at radius 3 is 2.39 bits per heavy atom. The SMILES string of the molecule is CCOC(=O)C1(NC(C)CC)CCCCC1(C)C. The van der Waals surface area contributed by atoms with Gasteiger partial charge in [0.2, 0.25) is 0 Å². The summed E-state index contributed by atoms with van der Waals surface area (Å²) in [5.41, 5.74) is -0.544. The zero-order chi connectivity index (χ0) is 13.8. The van der Waals surface area contributed by atoms with E-state index in [1.165, 1.54) is 6.42 Å². The Labute approximate surface area is 112 Å². The molecule has 106 valence electrons. The second-order valence-corrected chi connectivity index (χ2v) is 6.17. The Balaban J connectivity index is 3.02. The van der Waals surface area contributed by atoms with Crippen molar-refractivity contribution in [3.63, 3.8) is 0 Å². The second kappa shape index (κ2) is 6.05. The molecule has 0 aromatic carbocycles. The van der Waals surface area contributed by atoms with Crippen molar-refractivity contribution in [2.45, 2.75) is 78.3 Å². The summed E-state index contributed by atoms with van der Waals surface area (Å²) in [5.74, 6) is -0.0602. The minimum absolute atomic E-state index is 0.0407. The smallest absolute Gasteiger partial charge is 0.326 e. The summed E-state index contributed by atoms with van der Waals surface area (Å²) >= 11 is 0. The summed E-state index contributed by atoms with van der Waals surface area (Å²) in [6.07, 6.45) is 5.30. The van der Waals surface area contributed by atoms with Crippen LogP contribution in [0.2, 0.25) is 0 Å². The number of hydrogen-bond acceptors (Lipinski definition) is 3. The van der Waals surface area contributed by atoms with E-state index in [9.17, 15) is 4.79 Å². The van der Waals surface area contributed by atoms with E-state index in [0.29, 0.717) is 12.6 Å². The van der Waals surface area contributed by atoms with Crippen molar-refractivity contribution >= 4 is 5.97 Å². The first-order chi connectivity index (χ1) is 8.39. The number of hydrogen-bond donors (Lipinski definition) is 1. The highest BCUT2D eigenvalue weighted by atomic mass is 16.5. The molecule has 1 saturated carbocycles. The Kier molecular flexibility index (Phi) is 5.20. The van der Waals surface area contributed by atoms with E-state index in [1.54, 1.807) is 0 Å². The minimum atomic E-state index is -0.503. The average Bonchev–Trinajstić information content (AvgIpc) is 2.31. The van der Waals surface area contributed by atoms with Crippen LogP contribution in [-0.2, 0) is 9.53 Å². The topological polar surface area (TPSA) is 38.3 Å². The molecule has 0 saturated heterocycles. The van der Waals surface area contributed by atoms with Crippen LogP contribution in [0.15, 0.2) is 0 Å². The van der Waals surface area contributed by atoms with Gasteiger partial charge < -0.3 is 4.74 Å². The van der Waals surface area contributed by atoms with E-state index >= 15 is 0 Å². The maximum absolute atomic E-state index is 12.5. The summed E-state index contributed by atoms with van der Waals surface area (Å²) in [6.45, 7) is 11.0. The molecular weight excluding hydrogens is 226 g/mol. The highest BCUT2D eigenvalue weighted by Crippen LogP contribution is 2.45. The predicted molar refractivity (Wildman–Crippen MR) is 74.5 cm³/mol. The molecule has 0 heterocycles. The van der Waals surface area contributed by atoms with Crippen LogP contribution >= 0.6 is 0 Å². The maximum Gasteiger partial charge on any atom is 0.326 e. The summed E-state index contributed by atoms with van der Waals surface area (Å²) in [4.78, 5) is 12.5. The summed E-state index contributed by atoms with van der Waals surface area (Å²) in [7, 11) is 0. The quantitative estimate of drug-likeness (QED) is 0.766. The van der Waals surface area contributed by atoms with Crippen molar-refractivity contribution in [1.29, 1.82) is 0 Å². The van der Waals surface area contributed by atoms with Crippen molar-refractivity contribution in [2.75, 3.05) is 6.61 Å². The van der Waals surface area contributed by atoms with Gasteiger partial charge in [0, 0.05) is 6.04 Å². The first kappa shape index (κ1) is 15.5. The molecule has 1 aliphatic carbocycles. The van der Waals surface area contributed by atoms with E-state index in [4.69, 9.17) is 4.74 Å². The molecular formula is C15H29NO2. The third-order valence-corrected chi connectivity index (χ3v) is 4.49. The lowest BCUT2D eigenvalue weighted by molar-refractivity contribution is -0.160. The van der Waals surface area contributed by atoms with E-state index < -0.39 is 5.54 Å². The molecule has 2 atom stereocenters. The lowest BCUT2D eigenvalue weighted by atomic mass is 9.62. The van der Waals surface area contributed by atoms with Crippen LogP contribution in [0.3, 0.4) is 0 Å². The lowest BCUT2D eigenvalue weighted by Crippen LogP contribution is -2.65. The van der Waals surface area contributed by atoms with E-state index in [-0.39, 0.29) is 11.4 Å². The van der Waals surface area contributed by atoms with Gasteiger partial charge in [0.25, 0.3) is 0 Å². The first-order valence-electron chi connectivity index (χ1n) is 7.34. The first-order valence-corrected chi connectivity index (χ1v) is 7.34. The van der Waals surface area contributed by atoms with Crippen LogP contribution in [0.4, 0.5) is 0 Å². The molecule has 3 nitrogen and oxygen atoms in total. The van der Waals surface area contributed by atoms with E-state index in [0.717, 1.165) is 25.7 Å². The third kappa shape index (κ3) is 2.87. The molecule has 0 aliphatic heterocycles. The van der Waals surface area contributed by atoms with Crippen LogP contribution < -0.4 is 5.32 Å². The van der Waals surface area contributed by atoms with Gasteiger partial charge in [0.05, 0.1) is 6.61 Å². The molecule has 2 unspecified atom stereocenters. The molecule has 18 heavy (non-hydrogen) atoms. The number of nitrogens with one attached hydrogen (secondary N) is 1. The summed E-state index contributed by atoms with van der Waals surface area (Å²) in [5, 5.41) is 3.58. The fourth-order valence-corrected chi connectivity index (χ4v) is 2.99. The Morgan fingerprint density at radius 2 is 1.89 bits per heavy atom. The molecule has 0 aromatic heterocycles. The van der Waals surface area contributed by atoms with Gasteiger partial charge in [0.1, 0.15) is 5.54 Å². The summed E-state index contributed by atoms with van der Waals surface area (Å²) in [6, 6.07) is 0.340. The monoisotopic (exact) mass is 255 g/mol. The Hall–Kier alpha value is -0.570. The molecule has 1 N–H and O–H groups in total. The zero-order valence-corrected chi connectivity index (χ0v) is 12.6. The fourth-order valence-electron chi connectivity index (χ4n) is 2.99. The number of carbonyl (C=O) groups excluding carboxylic acids is 1. The number of rotatable bonds is 5. The van der Waals surface area contributed by atoms with Crippen LogP contribution in [0.25, 0.3) is 0 Å². The summed E-state index contributed by atoms with van der Waals surface area (Å²) < 4.78 is 5.36. The largest absolute Gasteiger partial charge is 0.465 e. The number of ether oxygens (including phenoxy) is 1. The van der Waals surface area contributed by atoms with Crippen LogP contribution in [0.1, 0.15) is 66.7 Å². The van der Waals surface area contributed by atoms with Gasteiger partial charge in [0.15, 0.2) is 0 Å². The van der Waals surface area contributed by atoms with Crippen LogP contribution in [0, 0.1) is 5.41 Å². The van der Waals surface area contributed by atoms with Crippen molar-refractivity contribution in [3.05, 3.63) is 0 Å². The third-order valence-electron chi connectivity index (χ3n) is 4.49. The lowest BCUT2D eigenvalue weighted by Gasteiger charge is -2.49. The van der Waals surface area contributed by atoms with Crippen LogP contribution in [0.5, 0.6) is 0 Å². The molecule has 1 aliphatic rings. The standard InChI is InChI=1S/C15H29NO2/c1-6-12(3)16-15(13(17)18-7-2)11-9-8-10-14(15,4)5/h12,16H,6-11H2,1-5H3. The van der Waals surface area contributed by atoms with Crippen molar-refractivity contribution in [3.8, 4) is 0 Å². The van der Waals surface area contributed by atoms with Gasteiger partial charge >= 0.3 is 5.97 Å². The number of esters is 1. The van der Waals surface area contributed by atoms with Crippen molar-refractivity contribution in [2.24, 2.45) is 5.41 Å². The Morgan fingerprint density at radius 1 is 1.28 bits per heavy atom. The zero-order valence-electron chi connectivity index (χ0n) is 12.6. The molecule has 3 heteroatoms. The molecule has 0 bridgehead atoms. The molecule has 1 rings (SSSR count). The highest BCUT2D eigenvalue weighted by Gasteiger charge is 2.53. The van der Waals surface area contributed by atoms with Crippen LogP contribution in [-0.4, -0.2) is 24.2 Å². The fraction of sp³-hybridized carbons (Fsp3) is 0.933. The van der Waals surface area contributed by atoms with Crippen molar-refractivity contribution in [1.82, 2.24) is 5.32 Å². The van der Waals surface area contributed by atoms with Gasteiger partial charge in [-0.25, -0.2) is 0 Å². The molecule has 1 fully saturated rings. The second-order valence-electron chi connectivity index (χ2n) is 6.17. The molecule has 0 aromatic rings. The highest BCUT2D eigenvalue weighted by molar-refractivity contribution is 5.82. The van der Waals surface area contributed by atoms with E-state index in [2.05, 4.69) is 33.0 Å². The minimum Gasteiger partial charge on any atom is -0.465 e.